The zero-order valence-electron chi connectivity index (χ0n) is 14.8. The molecule has 1 aliphatic heterocycles. The van der Waals surface area contributed by atoms with Gasteiger partial charge < -0.3 is 5.32 Å². The zero-order valence-corrected chi connectivity index (χ0v) is 14.8. The fourth-order valence-electron chi connectivity index (χ4n) is 3.17. The summed E-state index contributed by atoms with van der Waals surface area (Å²) in [6.07, 6.45) is 11.7. The molecule has 1 amide bonds. The second-order valence-corrected chi connectivity index (χ2v) is 6.44. The van der Waals surface area contributed by atoms with Gasteiger partial charge in [-0.25, -0.2) is 0 Å². The van der Waals surface area contributed by atoms with Gasteiger partial charge in [0.05, 0.1) is 35.8 Å². The molecule has 4 heterocycles. The Kier molecular flexibility index (Phi) is 3.82. The number of anilines is 1. The van der Waals surface area contributed by atoms with Crippen LogP contribution in [0.5, 0.6) is 0 Å². The largest absolute Gasteiger partial charge is 0.318 e. The van der Waals surface area contributed by atoms with Crippen LogP contribution in [0.15, 0.2) is 59.8 Å². The fraction of sp³-hybridized carbons (Fsp3) is 0.105. The number of fused-ring (bicyclic) bond motifs is 1. The second-order valence-electron chi connectivity index (χ2n) is 6.44. The summed E-state index contributed by atoms with van der Waals surface area (Å²) in [6, 6.07) is 5.76. The highest BCUT2D eigenvalue weighted by Crippen LogP contribution is 2.24. The van der Waals surface area contributed by atoms with E-state index in [2.05, 4.69) is 35.8 Å². The molecular formula is C19H16N8O. The quantitative estimate of drug-likeness (QED) is 0.499. The van der Waals surface area contributed by atoms with E-state index in [4.69, 9.17) is 0 Å². The number of H-pyrrole nitrogens is 2. The average molecular weight is 372 g/mol. The lowest BCUT2D eigenvalue weighted by Crippen LogP contribution is -2.12. The summed E-state index contributed by atoms with van der Waals surface area (Å²) in [6.45, 7) is 0.578. The van der Waals surface area contributed by atoms with Crippen molar-refractivity contribution in [2.45, 2.75) is 13.0 Å². The lowest BCUT2D eigenvalue weighted by molar-refractivity contribution is 0.102. The van der Waals surface area contributed by atoms with Gasteiger partial charge in [-0.2, -0.15) is 15.3 Å². The molecule has 0 radical (unpaired) electrons. The van der Waals surface area contributed by atoms with Gasteiger partial charge in [0.2, 0.25) is 0 Å². The summed E-state index contributed by atoms with van der Waals surface area (Å²) in [5.74, 6) is -0.292. The highest BCUT2D eigenvalue weighted by Gasteiger charge is 2.16. The molecule has 0 fully saturated rings. The number of hydrogen-bond acceptors (Lipinski definition) is 5. The molecular weight excluding hydrogens is 356 g/mol. The van der Waals surface area contributed by atoms with Gasteiger partial charge in [0.1, 0.15) is 0 Å². The van der Waals surface area contributed by atoms with Crippen LogP contribution < -0.4 is 5.32 Å². The number of aromatic nitrogens is 6. The molecule has 9 heteroatoms. The van der Waals surface area contributed by atoms with E-state index in [0.717, 1.165) is 34.1 Å². The molecule has 0 atom stereocenters. The molecule has 1 aromatic carbocycles. The first-order chi connectivity index (χ1) is 13.8. The lowest BCUT2D eigenvalue weighted by atomic mass is 10.1. The van der Waals surface area contributed by atoms with Gasteiger partial charge in [-0.3, -0.25) is 24.7 Å². The van der Waals surface area contributed by atoms with Crippen LogP contribution in [-0.4, -0.2) is 42.3 Å². The maximum Gasteiger partial charge on any atom is 0.276 e. The standard InChI is InChI=1S/C19H16N8O/c28-19(24-15-9-23-27(11-15)10-14-2-1-5-20-14)18-16-4-3-12(6-17(16)25-26-18)13-7-21-22-8-13/h2-9,11H,1,10H2,(H,21,22)(H,24,28)(H,25,26). The maximum atomic E-state index is 12.7. The van der Waals surface area contributed by atoms with E-state index in [0.29, 0.717) is 17.9 Å². The Morgan fingerprint density at radius 3 is 3.04 bits per heavy atom. The molecule has 0 aliphatic carbocycles. The van der Waals surface area contributed by atoms with Crippen molar-refractivity contribution in [3.63, 3.8) is 0 Å². The molecule has 3 aromatic heterocycles. The predicted octanol–water partition coefficient (Wildman–Crippen LogP) is 2.76. The molecule has 0 spiro atoms. The van der Waals surface area contributed by atoms with Gasteiger partial charge in [-0.05, 0) is 17.7 Å². The molecule has 5 rings (SSSR count). The van der Waals surface area contributed by atoms with E-state index in [1.54, 1.807) is 23.3 Å². The Bertz CT molecular complexity index is 1210. The van der Waals surface area contributed by atoms with Crippen molar-refractivity contribution in [3.8, 4) is 11.1 Å². The number of nitrogens with one attached hydrogen (secondary N) is 3. The number of nitrogens with zero attached hydrogens (tertiary/aromatic N) is 5. The van der Waals surface area contributed by atoms with Crippen LogP contribution >= 0.6 is 0 Å². The normalized spacial score (nSPS) is 13.2. The van der Waals surface area contributed by atoms with E-state index in [1.807, 2.05) is 36.7 Å². The number of rotatable bonds is 5. The van der Waals surface area contributed by atoms with Gasteiger partial charge >= 0.3 is 0 Å². The number of aromatic amines is 2. The third-order valence-corrected chi connectivity index (χ3v) is 4.54. The van der Waals surface area contributed by atoms with Crippen LogP contribution in [0, 0.1) is 0 Å². The Morgan fingerprint density at radius 2 is 2.21 bits per heavy atom. The lowest BCUT2D eigenvalue weighted by Gasteiger charge is -2.01. The first-order valence-corrected chi connectivity index (χ1v) is 8.79. The second kappa shape index (κ2) is 6.62. The molecule has 0 saturated heterocycles. The summed E-state index contributed by atoms with van der Waals surface area (Å²) >= 11 is 0. The number of allylic oxidation sites excluding steroid dienone is 2. The molecule has 138 valence electrons. The molecule has 0 bridgehead atoms. The van der Waals surface area contributed by atoms with Crippen LogP contribution in [-0.2, 0) is 6.54 Å². The number of carbonyl (C=O) groups excluding carboxylic acids is 1. The zero-order chi connectivity index (χ0) is 18.9. The minimum absolute atomic E-state index is 0.292. The molecule has 4 aromatic rings. The van der Waals surface area contributed by atoms with E-state index in [1.165, 1.54) is 0 Å². The molecule has 9 nitrogen and oxygen atoms in total. The van der Waals surface area contributed by atoms with E-state index >= 15 is 0 Å². The van der Waals surface area contributed by atoms with Crippen molar-refractivity contribution >= 4 is 28.7 Å². The molecule has 3 N–H and O–H groups in total. The third-order valence-electron chi connectivity index (χ3n) is 4.54. The van der Waals surface area contributed by atoms with Crippen molar-refractivity contribution in [2.24, 2.45) is 4.99 Å². The summed E-state index contributed by atoms with van der Waals surface area (Å²) in [7, 11) is 0. The minimum Gasteiger partial charge on any atom is -0.318 e. The van der Waals surface area contributed by atoms with Crippen LogP contribution in [0.1, 0.15) is 16.9 Å². The molecule has 0 unspecified atom stereocenters. The van der Waals surface area contributed by atoms with Gasteiger partial charge in [0.15, 0.2) is 5.69 Å². The smallest absolute Gasteiger partial charge is 0.276 e. The van der Waals surface area contributed by atoms with Gasteiger partial charge in [0.25, 0.3) is 5.91 Å². The Labute approximate surface area is 159 Å². The highest BCUT2D eigenvalue weighted by molar-refractivity contribution is 6.11. The first-order valence-electron chi connectivity index (χ1n) is 8.79. The Morgan fingerprint density at radius 1 is 1.25 bits per heavy atom. The third kappa shape index (κ3) is 2.98. The minimum atomic E-state index is -0.292. The Balaban J connectivity index is 1.34. The molecule has 28 heavy (non-hydrogen) atoms. The van der Waals surface area contributed by atoms with Crippen LogP contribution in [0.4, 0.5) is 5.69 Å². The molecule has 1 aliphatic rings. The van der Waals surface area contributed by atoms with Gasteiger partial charge in [0, 0.05) is 36.0 Å². The summed E-state index contributed by atoms with van der Waals surface area (Å²) in [5, 5.41) is 21.7. The number of aliphatic imine (C=N–C) groups is 1. The number of hydrogen-bond donors (Lipinski definition) is 3. The van der Waals surface area contributed by atoms with Crippen LogP contribution in [0.3, 0.4) is 0 Å². The van der Waals surface area contributed by atoms with Crippen LogP contribution in [0.25, 0.3) is 22.0 Å². The van der Waals surface area contributed by atoms with Crippen LogP contribution in [0.2, 0.25) is 0 Å². The van der Waals surface area contributed by atoms with E-state index < -0.39 is 0 Å². The van der Waals surface area contributed by atoms with Gasteiger partial charge in [-0.1, -0.05) is 12.1 Å². The van der Waals surface area contributed by atoms with Crippen molar-refractivity contribution < 1.29 is 4.79 Å². The monoisotopic (exact) mass is 372 g/mol. The number of carbonyl (C=O) groups is 1. The topological polar surface area (TPSA) is 117 Å². The summed E-state index contributed by atoms with van der Waals surface area (Å²) < 4.78 is 1.74. The SMILES string of the molecule is O=C(Nc1cnn(CC2=CCC=N2)c1)c1n[nH]c2cc(-c3cn[nH]c3)ccc12. The van der Waals surface area contributed by atoms with Crippen molar-refractivity contribution in [3.05, 3.63) is 60.5 Å². The first kappa shape index (κ1) is 16.2. The van der Waals surface area contributed by atoms with Crippen molar-refractivity contribution in [2.75, 3.05) is 5.32 Å². The average Bonchev–Trinajstić information content (AvgIpc) is 3.49. The summed E-state index contributed by atoms with van der Waals surface area (Å²) in [4.78, 5) is 16.9. The van der Waals surface area contributed by atoms with E-state index in [-0.39, 0.29) is 5.91 Å². The van der Waals surface area contributed by atoms with E-state index in [9.17, 15) is 4.79 Å². The van der Waals surface area contributed by atoms with Crippen molar-refractivity contribution in [1.82, 2.24) is 30.2 Å². The highest BCUT2D eigenvalue weighted by atomic mass is 16.2. The van der Waals surface area contributed by atoms with Crippen molar-refractivity contribution in [1.29, 1.82) is 0 Å². The fourth-order valence-corrected chi connectivity index (χ4v) is 3.17. The number of amides is 1. The summed E-state index contributed by atoms with van der Waals surface area (Å²) in [5.41, 5.74) is 4.65. The van der Waals surface area contributed by atoms with Gasteiger partial charge in [-0.15, -0.1) is 0 Å². The molecule has 0 saturated carbocycles. The maximum absolute atomic E-state index is 12.7. The predicted molar refractivity (Wildman–Crippen MR) is 105 cm³/mol. The Hall–Kier alpha value is -4.01. The number of benzene rings is 1.